The van der Waals surface area contributed by atoms with Gasteiger partial charge in [0.15, 0.2) is 0 Å². The van der Waals surface area contributed by atoms with Crippen LogP contribution in [0.15, 0.2) is 42.5 Å². The number of thiophene rings is 1. The molecule has 7 heteroatoms. The molecule has 0 fully saturated rings. The van der Waals surface area contributed by atoms with Crippen LogP contribution in [0, 0.1) is 18.6 Å². The maximum Gasteiger partial charge on any atom is 0.346 e. The number of benzene rings is 2. The van der Waals surface area contributed by atoms with Crippen LogP contribution in [0.5, 0.6) is 0 Å². The first kappa shape index (κ1) is 18.3. The van der Waals surface area contributed by atoms with Crippen molar-refractivity contribution in [2.75, 3.05) is 5.32 Å². The van der Waals surface area contributed by atoms with Gasteiger partial charge in [-0.25, -0.2) is 13.6 Å². The van der Waals surface area contributed by atoms with Crippen LogP contribution in [-0.4, -0.2) is 17.0 Å². The van der Waals surface area contributed by atoms with Gasteiger partial charge in [-0.1, -0.05) is 29.8 Å². The zero-order valence-electron chi connectivity index (χ0n) is 14.8. The van der Waals surface area contributed by atoms with Crippen molar-refractivity contribution in [3.8, 4) is 11.1 Å². The third-order valence-electron chi connectivity index (χ3n) is 4.77. The summed E-state index contributed by atoms with van der Waals surface area (Å²) in [5.41, 5.74) is 2.44. The van der Waals surface area contributed by atoms with Gasteiger partial charge in [-0.05, 0) is 36.2 Å². The van der Waals surface area contributed by atoms with E-state index in [-0.39, 0.29) is 22.8 Å². The first-order chi connectivity index (χ1) is 13.3. The fourth-order valence-corrected chi connectivity index (χ4v) is 4.70. The van der Waals surface area contributed by atoms with Crippen molar-refractivity contribution in [1.82, 2.24) is 0 Å². The average molecular weight is 399 g/mol. The fourth-order valence-electron chi connectivity index (χ4n) is 3.47. The van der Waals surface area contributed by atoms with Gasteiger partial charge in [0, 0.05) is 22.8 Å². The summed E-state index contributed by atoms with van der Waals surface area (Å²) >= 11 is 0.985. The number of rotatable bonds is 3. The van der Waals surface area contributed by atoms with Crippen LogP contribution < -0.4 is 5.32 Å². The highest BCUT2D eigenvalue weighted by molar-refractivity contribution is 7.15. The van der Waals surface area contributed by atoms with E-state index in [1.54, 1.807) is 12.1 Å². The van der Waals surface area contributed by atoms with Gasteiger partial charge in [0.25, 0.3) is 0 Å². The van der Waals surface area contributed by atoms with Gasteiger partial charge in [0.2, 0.25) is 5.91 Å². The monoisotopic (exact) mass is 399 g/mol. The van der Waals surface area contributed by atoms with Crippen molar-refractivity contribution >= 4 is 28.9 Å². The number of carbonyl (C=O) groups is 2. The molecule has 1 aliphatic rings. The zero-order valence-corrected chi connectivity index (χ0v) is 15.6. The molecule has 3 aromatic rings. The lowest BCUT2D eigenvalue weighted by Crippen LogP contribution is -2.23. The van der Waals surface area contributed by atoms with Crippen molar-refractivity contribution in [3.63, 3.8) is 0 Å². The lowest BCUT2D eigenvalue weighted by Gasteiger charge is -2.24. The van der Waals surface area contributed by atoms with Crippen molar-refractivity contribution < 1.29 is 23.5 Å². The summed E-state index contributed by atoms with van der Waals surface area (Å²) in [5.74, 6) is -3.50. The van der Waals surface area contributed by atoms with Crippen molar-refractivity contribution in [3.05, 3.63) is 75.0 Å². The van der Waals surface area contributed by atoms with Crippen LogP contribution in [0.4, 0.5) is 14.5 Å². The molecular weight excluding hydrogens is 384 g/mol. The van der Waals surface area contributed by atoms with E-state index in [1.807, 2.05) is 19.1 Å². The van der Waals surface area contributed by atoms with Crippen molar-refractivity contribution in [1.29, 1.82) is 0 Å². The normalized spacial score (nSPS) is 15.8. The third-order valence-corrected chi connectivity index (χ3v) is 6.07. The van der Waals surface area contributed by atoms with E-state index in [1.165, 1.54) is 0 Å². The van der Waals surface area contributed by atoms with E-state index in [9.17, 15) is 23.5 Å². The van der Waals surface area contributed by atoms with Gasteiger partial charge >= 0.3 is 5.97 Å². The number of halogens is 2. The highest BCUT2D eigenvalue weighted by Gasteiger charge is 2.35. The molecule has 4 rings (SSSR count). The number of fused-ring (bicyclic) bond motifs is 1. The molecule has 2 heterocycles. The Balaban J connectivity index is 1.96. The minimum Gasteiger partial charge on any atom is -0.477 e. The number of carboxylic acids is 1. The number of aryl methyl sites for hydroxylation is 1. The van der Waals surface area contributed by atoms with Crippen molar-refractivity contribution in [2.24, 2.45) is 0 Å². The second-order valence-corrected chi connectivity index (χ2v) is 7.74. The topological polar surface area (TPSA) is 66.4 Å². The summed E-state index contributed by atoms with van der Waals surface area (Å²) in [7, 11) is 0. The molecule has 0 bridgehead atoms. The largest absolute Gasteiger partial charge is 0.477 e. The predicted molar refractivity (Wildman–Crippen MR) is 103 cm³/mol. The number of anilines is 1. The van der Waals surface area contributed by atoms with Gasteiger partial charge in [-0.2, -0.15) is 0 Å². The molecule has 0 spiro atoms. The van der Waals surface area contributed by atoms with E-state index in [2.05, 4.69) is 5.32 Å². The Morgan fingerprint density at radius 2 is 1.89 bits per heavy atom. The molecule has 4 nitrogen and oxygen atoms in total. The van der Waals surface area contributed by atoms with E-state index < -0.39 is 23.5 Å². The highest BCUT2D eigenvalue weighted by atomic mass is 32.1. The Bertz CT molecular complexity index is 1110. The number of hydrogen-bond acceptors (Lipinski definition) is 3. The highest BCUT2D eigenvalue weighted by Crippen LogP contribution is 2.49. The Morgan fingerprint density at radius 3 is 2.57 bits per heavy atom. The van der Waals surface area contributed by atoms with E-state index in [0.717, 1.165) is 35.1 Å². The molecule has 1 amide bonds. The average Bonchev–Trinajstić information content (AvgIpc) is 3.03. The lowest BCUT2D eigenvalue weighted by molar-refractivity contribution is -0.116. The molecule has 0 saturated carbocycles. The van der Waals surface area contributed by atoms with Crippen LogP contribution in [0.3, 0.4) is 0 Å². The van der Waals surface area contributed by atoms with Gasteiger partial charge in [-0.15, -0.1) is 11.3 Å². The first-order valence-electron chi connectivity index (χ1n) is 8.57. The SMILES string of the molecule is Cc1ccc(-c2c(C(=O)O)sc3c2NC(=O)C[C@@H]3c2cc(F)ccc2F)cc1. The Morgan fingerprint density at radius 1 is 1.18 bits per heavy atom. The lowest BCUT2D eigenvalue weighted by atomic mass is 9.88. The fraction of sp³-hybridized carbons (Fsp3) is 0.143. The Kier molecular flexibility index (Phi) is 4.47. The first-order valence-corrected chi connectivity index (χ1v) is 9.38. The van der Waals surface area contributed by atoms with Gasteiger partial charge < -0.3 is 10.4 Å². The number of hydrogen-bond donors (Lipinski definition) is 2. The number of carboxylic acid groups (broad SMARTS) is 1. The minimum absolute atomic E-state index is 0.0461. The molecule has 2 N–H and O–H groups in total. The molecule has 28 heavy (non-hydrogen) atoms. The second-order valence-electron chi connectivity index (χ2n) is 6.69. The molecule has 1 aliphatic heterocycles. The van der Waals surface area contributed by atoms with E-state index in [0.29, 0.717) is 21.7 Å². The molecule has 0 aliphatic carbocycles. The van der Waals surface area contributed by atoms with E-state index in [4.69, 9.17) is 0 Å². The molecule has 142 valence electrons. The number of nitrogens with one attached hydrogen (secondary N) is 1. The second kappa shape index (κ2) is 6.83. The quantitative estimate of drug-likeness (QED) is 0.638. The van der Waals surface area contributed by atoms with Crippen molar-refractivity contribution in [2.45, 2.75) is 19.3 Å². The zero-order chi connectivity index (χ0) is 20.0. The maximum absolute atomic E-state index is 14.4. The van der Waals surface area contributed by atoms with Crippen LogP contribution in [0.2, 0.25) is 0 Å². The smallest absolute Gasteiger partial charge is 0.346 e. The predicted octanol–water partition coefficient (Wildman–Crippen LogP) is 5.17. The van der Waals surface area contributed by atoms with Crippen LogP contribution in [0.1, 0.15) is 38.0 Å². The van der Waals surface area contributed by atoms with Crippen LogP contribution >= 0.6 is 11.3 Å². The Hall–Kier alpha value is -3.06. The summed E-state index contributed by atoms with van der Waals surface area (Å²) in [6.45, 7) is 1.91. The number of amides is 1. The maximum atomic E-state index is 14.4. The molecule has 0 saturated heterocycles. The summed E-state index contributed by atoms with van der Waals surface area (Å²) in [4.78, 5) is 24.8. The summed E-state index contributed by atoms with van der Waals surface area (Å²) in [6, 6.07) is 10.3. The molecule has 1 atom stereocenters. The number of aromatic carboxylic acids is 1. The van der Waals surface area contributed by atoms with Crippen LogP contribution in [0.25, 0.3) is 11.1 Å². The van der Waals surface area contributed by atoms with Gasteiger partial charge in [-0.3, -0.25) is 4.79 Å². The van der Waals surface area contributed by atoms with E-state index >= 15 is 0 Å². The molecule has 1 aromatic heterocycles. The van der Waals surface area contributed by atoms with Gasteiger partial charge in [0.1, 0.15) is 16.5 Å². The molecule has 0 unspecified atom stereocenters. The van der Waals surface area contributed by atoms with Gasteiger partial charge in [0.05, 0.1) is 5.69 Å². The molecular formula is C21H15F2NO3S. The summed E-state index contributed by atoms with van der Waals surface area (Å²) in [6.07, 6.45) is -0.0831. The number of carbonyl (C=O) groups excluding carboxylic acids is 1. The Labute approximate surface area is 163 Å². The molecule has 0 radical (unpaired) electrons. The standard InChI is InChI=1S/C21H15F2NO3S/c1-10-2-4-11(5-3-10)17-18-19(28-20(17)21(26)27)14(9-16(25)24-18)13-8-12(22)6-7-15(13)23/h2-8,14H,9H2,1H3,(H,24,25)(H,26,27)/t14-/m1/s1. The minimum atomic E-state index is -1.14. The summed E-state index contributed by atoms with van der Waals surface area (Å²) in [5, 5.41) is 12.5. The third kappa shape index (κ3) is 3.07. The van der Waals surface area contributed by atoms with Crippen LogP contribution in [-0.2, 0) is 4.79 Å². The summed E-state index contributed by atoms with van der Waals surface area (Å²) < 4.78 is 28.1. The molecule has 2 aromatic carbocycles.